The molecule has 2 fully saturated rings. The molecule has 112 valence electrons. The largest absolute Gasteiger partial charge is 0.508 e. The Morgan fingerprint density at radius 3 is 2.81 bits per heavy atom. The van der Waals surface area contributed by atoms with Gasteiger partial charge >= 0.3 is 0 Å². The van der Waals surface area contributed by atoms with Gasteiger partial charge in [0, 0.05) is 17.4 Å². The van der Waals surface area contributed by atoms with Crippen LogP contribution < -0.4 is 0 Å². The third-order valence-electron chi connectivity index (χ3n) is 6.81. The summed E-state index contributed by atoms with van der Waals surface area (Å²) in [6.45, 7) is 4.36. The minimum Gasteiger partial charge on any atom is -0.508 e. The fraction of sp³-hybridized carbons (Fsp3) is 0.632. The van der Waals surface area contributed by atoms with Crippen molar-refractivity contribution in [2.45, 2.75) is 58.3 Å². The number of ketones is 1. The van der Waals surface area contributed by atoms with Gasteiger partial charge in [0.15, 0.2) is 0 Å². The van der Waals surface area contributed by atoms with E-state index < -0.39 is 0 Å². The summed E-state index contributed by atoms with van der Waals surface area (Å²) in [6.07, 6.45) is 6.17. The molecule has 3 aliphatic rings. The fourth-order valence-electron chi connectivity index (χ4n) is 5.64. The summed E-state index contributed by atoms with van der Waals surface area (Å²) in [5.41, 5.74) is 3.84. The van der Waals surface area contributed by atoms with Crippen LogP contribution in [0.3, 0.4) is 0 Å². The lowest BCUT2D eigenvalue weighted by Crippen LogP contribution is -2.42. The summed E-state index contributed by atoms with van der Waals surface area (Å²) in [4.78, 5) is 12.3. The van der Waals surface area contributed by atoms with Crippen molar-refractivity contribution < 1.29 is 9.90 Å². The van der Waals surface area contributed by atoms with Gasteiger partial charge in [0.2, 0.25) is 0 Å². The summed E-state index contributed by atoms with van der Waals surface area (Å²) in [5.74, 6) is 2.58. The number of rotatable bonds is 0. The molecular weight excluding hydrogens is 260 g/mol. The van der Waals surface area contributed by atoms with Gasteiger partial charge in [0.1, 0.15) is 11.5 Å². The van der Waals surface area contributed by atoms with Crippen LogP contribution in [-0.2, 0) is 11.2 Å². The van der Waals surface area contributed by atoms with E-state index in [0.717, 1.165) is 32.1 Å². The molecule has 1 aromatic carbocycles. The van der Waals surface area contributed by atoms with Gasteiger partial charge in [-0.05, 0) is 74.0 Å². The smallest absolute Gasteiger partial charge is 0.139 e. The number of carbonyl (C=O) groups excluding carboxylic acids is 1. The first kappa shape index (κ1) is 13.4. The van der Waals surface area contributed by atoms with Crippen molar-refractivity contribution in [3.05, 3.63) is 28.8 Å². The molecule has 3 aliphatic carbocycles. The minimum atomic E-state index is -0.0713. The number of fused-ring (bicyclic) bond motifs is 5. The maximum absolute atomic E-state index is 12.3. The number of phenolic OH excluding ortho intramolecular Hbond substituents is 1. The normalized spacial score (nSPS) is 37.8. The van der Waals surface area contributed by atoms with Crippen molar-refractivity contribution in [3.8, 4) is 5.75 Å². The minimum absolute atomic E-state index is 0.0713. The van der Waals surface area contributed by atoms with E-state index in [0.29, 0.717) is 29.3 Å². The summed E-state index contributed by atoms with van der Waals surface area (Å²) in [5, 5.41) is 10.4. The van der Waals surface area contributed by atoms with Crippen LogP contribution in [0.15, 0.2) is 12.1 Å². The Morgan fingerprint density at radius 1 is 1.19 bits per heavy atom. The van der Waals surface area contributed by atoms with Gasteiger partial charge in [-0.1, -0.05) is 13.0 Å². The number of aryl methyl sites for hydroxylation is 1. The summed E-state index contributed by atoms with van der Waals surface area (Å²) >= 11 is 0. The summed E-state index contributed by atoms with van der Waals surface area (Å²) in [7, 11) is 0. The maximum Gasteiger partial charge on any atom is 0.139 e. The molecule has 0 spiro atoms. The van der Waals surface area contributed by atoms with Gasteiger partial charge in [0.05, 0.1) is 0 Å². The molecule has 2 nitrogen and oxygen atoms in total. The molecular formula is C19H24O2. The maximum atomic E-state index is 12.3. The molecule has 0 aromatic heterocycles. The number of phenols is 1. The number of carbonyl (C=O) groups is 1. The van der Waals surface area contributed by atoms with Crippen molar-refractivity contribution in [2.75, 3.05) is 0 Å². The Bertz CT molecular complexity index is 618. The van der Waals surface area contributed by atoms with Crippen molar-refractivity contribution in [1.82, 2.24) is 0 Å². The van der Waals surface area contributed by atoms with E-state index >= 15 is 0 Å². The topological polar surface area (TPSA) is 37.3 Å². The Labute approximate surface area is 126 Å². The van der Waals surface area contributed by atoms with E-state index in [4.69, 9.17) is 0 Å². The van der Waals surface area contributed by atoms with Crippen LogP contribution in [0.5, 0.6) is 5.75 Å². The zero-order chi connectivity index (χ0) is 14.8. The zero-order valence-electron chi connectivity index (χ0n) is 13.0. The van der Waals surface area contributed by atoms with Crippen LogP contribution in [0.4, 0.5) is 0 Å². The molecule has 0 aliphatic heterocycles. The van der Waals surface area contributed by atoms with E-state index in [-0.39, 0.29) is 5.41 Å². The fourth-order valence-corrected chi connectivity index (χ4v) is 5.64. The molecule has 0 radical (unpaired) electrons. The van der Waals surface area contributed by atoms with Crippen molar-refractivity contribution in [1.29, 1.82) is 0 Å². The highest BCUT2D eigenvalue weighted by atomic mass is 16.3. The molecule has 4 atom stereocenters. The van der Waals surface area contributed by atoms with Crippen LogP contribution in [0.25, 0.3) is 0 Å². The number of hydrogen-bond acceptors (Lipinski definition) is 2. The van der Waals surface area contributed by atoms with Crippen LogP contribution in [0, 0.1) is 24.2 Å². The van der Waals surface area contributed by atoms with Crippen molar-refractivity contribution in [2.24, 2.45) is 17.3 Å². The summed E-state index contributed by atoms with van der Waals surface area (Å²) < 4.78 is 0. The molecule has 2 saturated carbocycles. The third kappa shape index (κ3) is 1.68. The highest BCUT2D eigenvalue weighted by Crippen LogP contribution is 2.60. The van der Waals surface area contributed by atoms with E-state index in [1.54, 1.807) is 0 Å². The van der Waals surface area contributed by atoms with E-state index in [1.807, 2.05) is 12.1 Å². The Balaban J connectivity index is 1.79. The second-order valence-electron chi connectivity index (χ2n) is 7.63. The Morgan fingerprint density at radius 2 is 2.00 bits per heavy atom. The molecule has 0 bridgehead atoms. The monoisotopic (exact) mass is 284 g/mol. The molecule has 21 heavy (non-hydrogen) atoms. The van der Waals surface area contributed by atoms with E-state index in [9.17, 15) is 9.90 Å². The van der Waals surface area contributed by atoms with Gasteiger partial charge in [-0.15, -0.1) is 0 Å². The van der Waals surface area contributed by atoms with E-state index in [1.165, 1.54) is 23.1 Å². The highest BCUT2D eigenvalue weighted by molar-refractivity contribution is 5.87. The molecule has 0 amide bonds. The Hall–Kier alpha value is -1.31. The lowest BCUT2D eigenvalue weighted by Gasteiger charge is -2.48. The first-order chi connectivity index (χ1) is 10.0. The van der Waals surface area contributed by atoms with E-state index in [2.05, 4.69) is 13.8 Å². The van der Waals surface area contributed by atoms with Crippen LogP contribution in [0.1, 0.15) is 61.6 Å². The average molecular weight is 284 g/mol. The van der Waals surface area contributed by atoms with Crippen LogP contribution in [0.2, 0.25) is 0 Å². The third-order valence-corrected chi connectivity index (χ3v) is 6.81. The standard InChI is InChI=1S/C19H24O2/c1-11-3-7-16(20)18-12(11)4-5-13-14(18)9-10-19(2)15(13)6-8-17(19)21/h3,7,13-15,20H,4-6,8-10H2,1-2H3/t13-,14+,15+,19+/m1/s1. The molecule has 4 rings (SSSR count). The number of aromatic hydroxyl groups is 1. The van der Waals surface area contributed by atoms with Gasteiger partial charge < -0.3 is 5.11 Å². The second-order valence-corrected chi connectivity index (χ2v) is 7.63. The highest BCUT2D eigenvalue weighted by Gasteiger charge is 2.54. The number of Topliss-reactive ketones (excluding diaryl/α,β-unsaturated/α-hetero) is 1. The van der Waals surface area contributed by atoms with Crippen LogP contribution >= 0.6 is 0 Å². The molecule has 0 heterocycles. The SMILES string of the molecule is Cc1ccc(O)c2c1CC[C@@H]1[C@@H]2CC[C@]2(C)C(=O)CC[C@@H]12. The quantitative estimate of drug-likeness (QED) is 0.778. The molecule has 1 N–H and O–H groups in total. The van der Waals surface area contributed by atoms with Crippen molar-refractivity contribution in [3.63, 3.8) is 0 Å². The lowest BCUT2D eigenvalue weighted by molar-refractivity contribution is -0.129. The molecule has 0 saturated heterocycles. The van der Waals surface area contributed by atoms with Crippen molar-refractivity contribution >= 4 is 5.78 Å². The first-order valence-electron chi connectivity index (χ1n) is 8.37. The van der Waals surface area contributed by atoms with Gasteiger partial charge in [-0.3, -0.25) is 4.79 Å². The predicted molar refractivity (Wildman–Crippen MR) is 82.5 cm³/mol. The first-order valence-corrected chi connectivity index (χ1v) is 8.37. The van der Waals surface area contributed by atoms with Gasteiger partial charge in [-0.25, -0.2) is 0 Å². The van der Waals surface area contributed by atoms with Crippen LogP contribution in [-0.4, -0.2) is 10.9 Å². The molecule has 0 unspecified atom stereocenters. The summed E-state index contributed by atoms with van der Waals surface area (Å²) in [6, 6.07) is 3.91. The second kappa shape index (κ2) is 4.34. The average Bonchev–Trinajstić information content (AvgIpc) is 2.78. The Kier molecular flexibility index (Phi) is 2.76. The number of benzene rings is 1. The lowest BCUT2D eigenvalue weighted by atomic mass is 9.55. The predicted octanol–water partition coefficient (Wildman–Crippen LogP) is 4.13. The van der Waals surface area contributed by atoms with Gasteiger partial charge in [0.25, 0.3) is 0 Å². The van der Waals surface area contributed by atoms with Gasteiger partial charge in [-0.2, -0.15) is 0 Å². The zero-order valence-corrected chi connectivity index (χ0v) is 13.0. The molecule has 1 aromatic rings. The number of hydrogen-bond donors (Lipinski definition) is 1. The molecule has 2 heteroatoms.